The summed E-state index contributed by atoms with van der Waals surface area (Å²) in [7, 11) is 0. The minimum absolute atomic E-state index is 0.0967. The van der Waals surface area contributed by atoms with E-state index in [0.717, 1.165) is 0 Å². The van der Waals surface area contributed by atoms with Gasteiger partial charge in [0.15, 0.2) is 0 Å². The Labute approximate surface area is 155 Å². The zero-order valence-corrected chi connectivity index (χ0v) is 14.7. The monoisotopic (exact) mass is 376 g/mol. The first-order valence-corrected chi connectivity index (χ1v) is 8.59. The molecule has 1 aromatic heterocycles. The van der Waals surface area contributed by atoms with Crippen LogP contribution in [0.5, 0.6) is 0 Å². The number of anilines is 1. The Morgan fingerprint density at radius 3 is 2.46 bits per heavy atom. The molecule has 0 aliphatic carbocycles. The number of rotatable bonds is 4. The van der Waals surface area contributed by atoms with Crippen LogP contribution in [0.25, 0.3) is 0 Å². The van der Waals surface area contributed by atoms with Crippen molar-refractivity contribution in [1.29, 1.82) is 0 Å². The zero-order valence-electron chi connectivity index (χ0n) is 14.0. The van der Waals surface area contributed by atoms with Gasteiger partial charge in [-0.3, -0.25) is 9.59 Å². The number of pyridine rings is 1. The van der Waals surface area contributed by atoms with Gasteiger partial charge in [-0.05, 0) is 36.4 Å². The molecule has 1 aliphatic rings. The van der Waals surface area contributed by atoms with E-state index in [-0.39, 0.29) is 12.5 Å². The smallest absolute Gasteiger partial charge is 0.251 e. The van der Waals surface area contributed by atoms with Crippen LogP contribution in [0.15, 0.2) is 42.6 Å². The molecule has 1 saturated heterocycles. The maximum atomic E-state index is 12.9. The normalized spacial score (nSPS) is 14.2. The number of amides is 2. The molecule has 1 aliphatic heterocycles. The molecule has 0 bridgehead atoms. The lowest BCUT2D eigenvalue weighted by atomic mass is 10.2. The zero-order chi connectivity index (χ0) is 18.5. The predicted octanol–water partition coefficient (Wildman–Crippen LogP) is 1.95. The van der Waals surface area contributed by atoms with Crippen molar-refractivity contribution >= 4 is 29.2 Å². The topological polar surface area (TPSA) is 65.5 Å². The highest BCUT2D eigenvalue weighted by Gasteiger charge is 2.23. The van der Waals surface area contributed by atoms with Crippen LogP contribution in [0.3, 0.4) is 0 Å². The Hall–Kier alpha value is -2.67. The number of carbonyl (C=O) groups excluding carboxylic acids is 2. The fraction of sp³-hybridized carbons (Fsp3) is 0.278. The first kappa shape index (κ1) is 18.1. The lowest BCUT2D eigenvalue weighted by molar-refractivity contribution is -0.130. The molecule has 2 aromatic rings. The highest BCUT2D eigenvalue weighted by Crippen LogP contribution is 2.23. The van der Waals surface area contributed by atoms with Crippen molar-refractivity contribution in [1.82, 2.24) is 15.2 Å². The average Bonchev–Trinajstić information content (AvgIpc) is 2.67. The van der Waals surface area contributed by atoms with Crippen LogP contribution >= 0.6 is 11.6 Å². The molecule has 0 atom stereocenters. The molecule has 2 heterocycles. The van der Waals surface area contributed by atoms with Crippen LogP contribution in [0.1, 0.15) is 10.4 Å². The van der Waals surface area contributed by atoms with Crippen molar-refractivity contribution in [3.8, 4) is 0 Å². The Bertz CT molecular complexity index is 792. The van der Waals surface area contributed by atoms with Crippen molar-refractivity contribution < 1.29 is 14.0 Å². The van der Waals surface area contributed by atoms with Crippen molar-refractivity contribution in [2.24, 2.45) is 0 Å². The van der Waals surface area contributed by atoms with Gasteiger partial charge in [0.05, 0.1) is 11.6 Å². The molecule has 3 rings (SSSR count). The summed E-state index contributed by atoms with van der Waals surface area (Å²) in [6, 6.07) is 8.73. The molecule has 2 amide bonds. The number of carbonyl (C=O) groups is 2. The number of nitrogens with zero attached hydrogens (tertiary/aromatic N) is 3. The molecule has 0 saturated carbocycles. The maximum Gasteiger partial charge on any atom is 0.251 e. The third kappa shape index (κ3) is 4.29. The van der Waals surface area contributed by atoms with Gasteiger partial charge >= 0.3 is 0 Å². The molecular formula is C18H18ClFN4O2. The predicted molar refractivity (Wildman–Crippen MR) is 96.8 cm³/mol. The molecule has 136 valence electrons. The van der Waals surface area contributed by atoms with Gasteiger partial charge in [-0.15, -0.1) is 0 Å². The van der Waals surface area contributed by atoms with Crippen LogP contribution in [0.2, 0.25) is 5.02 Å². The summed E-state index contributed by atoms with van der Waals surface area (Å²) in [6.07, 6.45) is 1.68. The number of hydrogen-bond acceptors (Lipinski definition) is 4. The van der Waals surface area contributed by atoms with Gasteiger partial charge in [0.25, 0.3) is 5.91 Å². The molecule has 26 heavy (non-hydrogen) atoms. The third-order valence-corrected chi connectivity index (χ3v) is 4.47. The molecule has 0 radical (unpaired) electrons. The summed E-state index contributed by atoms with van der Waals surface area (Å²) in [6.45, 7) is 2.19. The van der Waals surface area contributed by atoms with Gasteiger partial charge in [0.1, 0.15) is 11.6 Å². The van der Waals surface area contributed by atoms with Gasteiger partial charge in [0, 0.05) is 37.9 Å². The molecule has 1 aromatic carbocycles. The molecular weight excluding hydrogens is 359 g/mol. The maximum absolute atomic E-state index is 12.9. The molecule has 1 N–H and O–H groups in total. The summed E-state index contributed by atoms with van der Waals surface area (Å²) in [5, 5.41) is 3.15. The second-order valence-electron chi connectivity index (χ2n) is 5.87. The molecule has 0 unspecified atom stereocenters. The number of piperazine rings is 1. The van der Waals surface area contributed by atoms with Crippen LogP contribution in [-0.2, 0) is 4.79 Å². The van der Waals surface area contributed by atoms with Crippen molar-refractivity contribution in [3.63, 3.8) is 0 Å². The van der Waals surface area contributed by atoms with Gasteiger partial charge in [0.2, 0.25) is 5.91 Å². The summed E-state index contributed by atoms with van der Waals surface area (Å²) >= 11 is 6.15. The van der Waals surface area contributed by atoms with Crippen molar-refractivity contribution in [2.75, 3.05) is 37.6 Å². The van der Waals surface area contributed by atoms with E-state index in [0.29, 0.717) is 42.6 Å². The lowest BCUT2D eigenvalue weighted by Gasteiger charge is -2.35. The summed E-state index contributed by atoms with van der Waals surface area (Å²) < 4.78 is 12.9. The van der Waals surface area contributed by atoms with E-state index < -0.39 is 11.7 Å². The largest absolute Gasteiger partial charge is 0.352 e. The van der Waals surface area contributed by atoms with E-state index in [2.05, 4.69) is 10.3 Å². The van der Waals surface area contributed by atoms with Gasteiger partial charge in [-0.1, -0.05) is 11.6 Å². The number of aromatic nitrogens is 1. The van der Waals surface area contributed by atoms with Crippen LogP contribution in [0.4, 0.5) is 10.2 Å². The number of halogens is 2. The number of hydrogen-bond donors (Lipinski definition) is 1. The summed E-state index contributed by atoms with van der Waals surface area (Å²) in [4.78, 5) is 32.3. The van der Waals surface area contributed by atoms with Crippen LogP contribution < -0.4 is 10.2 Å². The Balaban J connectivity index is 1.48. The van der Waals surface area contributed by atoms with E-state index in [1.165, 1.54) is 24.3 Å². The fourth-order valence-corrected chi connectivity index (χ4v) is 2.99. The van der Waals surface area contributed by atoms with E-state index in [1.54, 1.807) is 23.2 Å². The number of benzene rings is 1. The fourth-order valence-electron chi connectivity index (χ4n) is 2.75. The highest BCUT2D eigenvalue weighted by molar-refractivity contribution is 6.32. The van der Waals surface area contributed by atoms with Gasteiger partial charge in [-0.2, -0.15) is 0 Å². The first-order chi connectivity index (χ1) is 12.5. The lowest BCUT2D eigenvalue weighted by Crippen LogP contribution is -2.51. The van der Waals surface area contributed by atoms with E-state index in [1.807, 2.05) is 4.90 Å². The number of nitrogens with one attached hydrogen (secondary N) is 1. The summed E-state index contributed by atoms with van der Waals surface area (Å²) in [5.41, 5.74) is 0.314. The molecule has 8 heteroatoms. The van der Waals surface area contributed by atoms with Crippen LogP contribution in [0, 0.1) is 5.82 Å². The molecule has 6 nitrogen and oxygen atoms in total. The van der Waals surface area contributed by atoms with E-state index in [4.69, 9.17) is 11.6 Å². The Kier molecular flexibility index (Phi) is 5.68. The van der Waals surface area contributed by atoms with Gasteiger partial charge < -0.3 is 15.1 Å². The third-order valence-electron chi connectivity index (χ3n) is 4.18. The van der Waals surface area contributed by atoms with E-state index in [9.17, 15) is 14.0 Å². The second kappa shape index (κ2) is 8.14. The summed E-state index contributed by atoms with van der Waals surface area (Å²) in [5.74, 6) is -0.265. The van der Waals surface area contributed by atoms with Crippen molar-refractivity contribution in [2.45, 2.75) is 0 Å². The van der Waals surface area contributed by atoms with Crippen LogP contribution in [-0.4, -0.2) is 54.4 Å². The molecule has 0 spiro atoms. The minimum atomic E-state index is -0.413. The quantitative estimate of drug-likeness (QED) is 0.885. The van der Waals surface area contributed by atoms with Gasteiger partial charge in [-0.25, -0.2) is 9.37 Å². The van der Waals surface area contributed by atoms with E-state index >= 15 is 0 Å². The first-order valence-electron chi connectivity index (χ1n) is 8.21. The minimum Gasteiger partial charge on any atom is -0.352 e. The van der Waals surface area contributed by atoms with Crippen molar-refractivity contribution in [3.05, 3.63) is 59.0 Å². The average molecular weight is 377 g/mol. The Morgan fingerprint density at radius 2 is 1.81 bits per heavy atom. The second-order valence-corrected chi connectivity index (χ2v) is 6.27. The Morgan fingerprint density at radius 1 is 1.12 bits per heavy atom. The highest BCUT2D eigenvalue weighted by atomic mass is 35.5. The standard InChI is InChI=1S/C18H18ClFN4O2/c19-15-2-1-7-21-17(15)24-10-8-23(9-11-24)16(25)12-22-18(26)13-3-5-14(20)6-4-13/h1-7H,8-12H2,(H,22,26). The molecule has 1 fully saturated rings. The SMILES string of the molecule is O=C(NCC(=O)N1CCN(c2ncccc2Cl)CC1)c1ccc(F)cc1.